The van der Waals surface area contributed by atoms with Crippen molar-refractivity contribution < 1.29 is 4.79 Å². The van der Waals surface area contributed by atoms with Crippen molar-refractivity contribution in [3.63, 3.8) is 0 Å². The van der Waals surface area contributed by atoms with E-state index in [1.165, 1.54) is 0 Å². The average Bonchev–Trinajstić information content (AvgIpc) is 2.00. The second-order valence-electron chi connectivity index (χ2n) is 3.89. The summed E-state index contributed by atoms with van der Waals surface area (Å²) in [7, 11) is 1.90. The van der Waals surface area contributed by atoms with Gasteiger partial charge in [-0.3, -0.25) is 4.79 Å². The Morgan fingerprint density at radius 1 is 1.58 bits per heavy atom. The zero-order valence-corrected chi connectivity index (χ0v) is 8.48. The standard InChI is InChI=1S/C9H20N2O/c1-7(10)8(12)5-6-9(2,3)11-4/h7,11H,5-6,10H2,1-4H3/t7-/m1/s1. The minimum Gasteiger partial charge on any atom is -0.322 e. The summed E-state index contributed by atoms with van der Waals surface area (Å²) in [5.41, 5.74) is 5.47. The van der Waals surface area contributed by atoms with Crippen LogP contribution in [0, 0.1) is 0 Å². The van der Waals surface area contributed by atoms with Gasteiger partial charge in [0.15, 0.2) is 0 Å². The van der Waals surface area contributed by atoms with E-state index in [0.29, 0.717) is 6.42 Å². The van der Waals surface area contributed by atoms with Gasteiger partial charge in [0.05, 0.1) is 6.04 Å². The Hall–Kier alpha value is -0.410. The number of carbonyl (C=O) groups is 1. The highest BCUT2D eigenvalue weighted by Crippen LogP contribution is 2.10. The number of hydrogen-bond acceptors (Lipinski definition) is 3. The van der Waals surface area contributed by atoms with Crippen LogP contribution in [0.1, 0.15) is 33.6 Å². The Bertz CT molecular complexity index is 153. The Labute approximate surface area is 74.7 Å². The second-order valence-corrected chi connectivity index (χ2v) is 3.89. The quantitative estimate of drug-likeness (QED) is 0.641. The van der Waals surface area contributed by atoms with Gasteiger partial charge in [-0.05, 0) is 34.2 Å². The number of nitrogens with two attached hydrogens (primary N) is 1. The zero-order valence-electron chi connectivity index (χ0n) is 8.48. The molecule has 0 aromatic carbocycles. The summed E-state index contributed by atoms with van der Waals surface area (Å²) < 4.78 is 0. The fourth-order valence-electron chi connectivity index (χ4n) is 0.788. The third-order valence-corrected chi connectivity index (χ3v) is 2.18. The Kier molecular flexibility index (Phi) is 4.42. The van der Waals surface area contributed by atoms with E-state index in [1.807, 2.05) is 7.05 Å². The molecule has 12 heavy (non-hydrogen) atoms. The van der Waals surface area contributed by atoms with Crippen LogP contribution in [0.4, 0.5) is 0 Å². The topological polar surface area (TPSA) is 55.1 Å². The van der Waals surface area contributed by atoms with Crippen LogP contribution in [0.15, 0.2) is 0 Å². The van der Waals surface area contributed by atoms with Gasteiger partial charge in [0, 0.05) is 12.0 Å². The van der Waals surface area contributed by atoms with Crippen LogP contribution in [-0.4, -0.2) is 24.4 Å². The van der Waals surface area contributed by atoms with Crippen molar-refractivity contribution in [1.82, 2.24) is 5.32 Å². The molecule has 0 aromatic rings. The minimum atomic E-state index is -0.322. The highest BCUT2D eigenvalue weighted by atomic mass is 16.1. The van der Waals surface area contributed by atoms with Gasteiger partial charge in [-0.15, -0.1) is 0 Å². The van der Waals surface area contributed by atoms with Crippen molar-refractivity contribution in [3.05, 3.63) is 0 Å². The molecule has 0 fully saturated rings. The summed E-state index contributed by atoms with van der Waals surface area (Å²) >= 11 is 0. The van der Waals surface area contributed by atoms with Gasteiger partial charge in [0.25, 0.3) is 0 Å². The van der Waals surface area contributed by atoms with Crippen LogP contribution in [0.3, 0.4) is 0 Å². The molecule has 0 saturated carbocycles. The number of rotatable bonds is 5. The molecule has 0 aliphatic rings. The van der Waals surface area contributed by atoms with Crippen LogP contribution < -0.4 is 11.1 Å². The predicted octanol–water partition coefficient (Wildman–Crippen LogP) is 0.681. The summed E-state index contributed by atoms with van der Waals surface area (Å²) in [5.74, 6) is 0.137. The third kappa shape index (κ3) is 4.46. The number of ketones is 1. The predicted molar refractivity (Wildman–Crippen MR) is 51.0 cm³/mol. The molecule has 72 valence electrons. The largest absolute Gasteiger partial charge is 0.322 e. The normalized spacial score (nSPS) is 14.4. The van der Waals surface area contributed by atoms with Gasteiger partial charge in [-0.2, -0.15) is 0 Å². The molecular weight excluding hydrogens is 152 g/mol. The first kappa shape index (κ1) is 11.6. The molecule has 1 atom stereocenters. The van der Waals surface area contributed by atoms with Crippen LogP contribution in [0.5, 0.6) is 0 Å². The lowest BCUT2D eigenvalue weighted by Crippen LogP contribution is -2.38. The van der Waals surface area contributed by atoms with Gasteiger partial charge in [-0.1, -0.05) is 0 Å². The average molecular weight is 172 g/mol. The molecule has 0 heterocycles. The van der Waals surface area contributed by atoms with Gasteiger partial charge in [0.1, 0.15) is 5.78 Å². The smallest absolute Gasteiger partial charge is 0.149 e. The number of Topliss-reactive ketones (excluding diaryl/α,β-unsaturated/α-hetero) is 1. The Morgan fingerprint density at radius 2 is 2.08 bits per heavy atom. The maximum atomic E-state index is 11.2. The van der Waals surface area contributed by atoms with Gasteiger partial charge in [0.2, 0.25) is 0 Å². The molecule has 3 nitrogen and oxygen atoms in total. The lowest BCUT2D eigenvalue weighted by Gasteiger charge is -2.23. The van der Waals surface area contributed by atoms with E-state index in [-0.39, 0.29) is 17.4 Å². The first-order valence-electron chi connectivity index (χ1n) is 4.36. The van der Waals surface area contributed by atoms with Gasteiger partial charge in [-0.25, -0.2) is 0 Å². The molecule has 0 unspecified atom stereocenters. The minimum absolute atomic E-state index is 0.0323. The number of carbonyl (C=O) groups excluding carboxylic acids is 1. The fourth-order valence-corrected chi connectivity index (χ4v) is 0.788. The summed E-state index contributed by atoms with van der Waals surface area (Å²) in [6.07, 6.45) is 1.40. The van der Waals surface area contributed by atoms with Gasteiger partial charge < -0.3 is 11.1 Å². The van der Waals surface area contributed by atoms with Gasteiger partial charge >= 0.3 is 0 Å². The molecule has 0 saturated heterocycles. The van der Waals surface area contributed by atoms with E-state index >= 15 is 0 Å². The van der Waals surface area contributed by atoms with Crippen molar-refractivity contribution in [2.24, 2.45) is 5.73 Å². The third-order valence-electron chi connectivity index (χ3n) is 2.18. The molecule has 0 aliphatic heterocycles. The van der Waals surface area contributed by atoms with Crippen molar-refractivity contribution in [3.8, 4) is 0 Å². The van der Waals surface area contributed by atoms with Crippen LogP contribution in [0.2, 0.25) is 0 Å². The molecule has 0 radical (unpaired) electrons. The van der Waals surface area contributed by atoms with E-state index in [2.05, 4.69) is 19.2 Å². The molecule has 0 aromatic heterocycles. The fraction of sp³-hybridized carbons (Fsp3) is 0.889. The maximum absolute atomic E-state index is 11.2. The first-order valence-corrected chi connectivity index (χ1v) is 4.36. The van der Waals surface area contributed by atoms with E-state index in [9.17, 15) is 4.79 Å². The lowest BCUT2D eigenvalue weighted by molar-refractivity contribution is -0.120. The molecule has 3 heteroatoms. The van der Waals surface area contributed by atoms with Crippen molar-refractivity contribution in [1.29, 1.82) is 0 Å². The Balaban J connectivity index is 3.76. The second kappa shape index (κ2) is 4.58. The van der Waals surface area contributed by atoms with Crippen molar-refractivity contribution in [2.45, 2.75) is 45.2 Å². The molecule has 0 rings (SSSR count). The first-order chi connectivity index (χ1) is 5.39. The summed E-state index contributed by atoms with van der Waals surface area (Å²) in [4.78, 5) is 11.2. The highest BCUT2D eigenvalue weighted by molar-refractivity contribution is 5.83. The zero-order chi connectivity index (χ0) is 9.78. The number of nitrogens with one attached hydrogen (secondary N) is 1. The SMILES string of the molecule is CNC(C)(C)CCC(=O)[C@@H](C)N. The lowest BCUT2D eigenvalue weighted by atomic mass is 9.96. The van der Waals surface area contributed by atoms with Crippen LogP contribution in [-0.2, 0) is 4.79 Å². The molecule has 0 spiro atoms. The van der Waals surface area contributed by atoms with Crippen molar-refractivity contribution in [2.75, 3.05) is 7.05 Å². The molecule has 0 aliphatic carbocycles. The van der Waals surface area contributed by atoms with Crippen LogP contribution >= 0.6 is 0 Å². The summed E-state index contributed by atoms with van der Waals surface area (Å²) in [6, 6.07) is -0.322. The van der Waals surface area contributed by atoms with E-state index < -0.39 is 0 Å². The molecular formula is C9H20N2O. The summed E-state index contributed by atoms with van der Waals surface area (Å²) in [6.45, 7) is 5.87. The molecule has 0 amide bonds. The molecule has 3 N–H and O–H groups in total. The summed E-state index contributed by atoms with van der Waals surface area (Å²) in [5, 5.41) is 3.14. The number of hydrogen-bond donors (Lipinski definition) is 2. The monoisotopic (exact) mass is 172 g/mol. The molecule has 0 bridgehead atoms. The Morgan fingerprint density at radius 3 is 2.42 bits per heavy atom. The van der Waals surface area contributed by atoms with E-state index in [4.69, 9.17) is 5.73 Å². The van der Waals surface area contributed by atoms with E-state index in [0.717, 1.165) is 6.42 Å². The van der Waals surface area contributed by atoms with Crippen LogP contribution in [0.25, 0.3) is 0 Å². The van der Waals surface area contributed by atoms with E-state index in [1.54, 1.807) is 6.92 Å². The highest BCUT2D eigenvalue weighted by Gasteiger charge is 2.17. The van der Waals surface area contributed by atoms with Crippen molar-refractivity contribution >= 4 is 5.78 Å². The maximum Gasteiger partial charge on any atom is 0.149 e.